The minimum absolute atomic E-state index is 0.228. The van der Waals surface area contributed by atoms with E-state index < -0.39 is 5.41 Å². The van der Waals surface area contributed by atoms with E-state index in [0.29, 0.717) is 6.42 Å². The molecule has 0 saturated heterocycles. The highest BCUT2D eigenvalue weighted by Gasteiger charge is 2.50. The minimum Gasteiger partial charge on any atom is -0.454 e. The molecule has 0 N–H and O–H groups in total. The number of aromatic nitrogens is 1. The molecule has 0 spiro atoms. The average Bonchev–Trinajstić information content (AvgIpc) is 3.39. The van der Waals surface area contributed by atoms with Crippen molar-refractivity contribution in [2.24, 2.45) is 0 Å². The van der Waals surface area contributed by atoms with E-state index in [1.54, 1.807) is 0 Å². The number of hydrogen-bond donors (Lipinski definition) is 0. The summed E-state index contributed by atoms with van der Waals surface area (Å²) in [6, 6.07) is 18.3. The zero-order valence-corrected chi connectivity index (χ0v) is 16.7. The lowest BCUT2D eigenvalue weighted by atomic mass is 9.88. The molecule has 4 heteroatoms. The summed E-state index contributed by atoms with van der Waals surface area (Å²) in [6.07, 6.45) is 2.11. The smallest absolute Gasteiger partial charge is 0.231 e. The summed E-state index contributed by atoms with van der Waals surface area (Å²) in [5, 5.41) is 0. The van der Waals surface area contributed by atoms with Gasteiger partial charge < -0.3 is 9.47 Å². The zero-order chi connectivity index (χ0) is 20.0. The number of Topliss-reactive ketones (excluding diaryl/α,β-unsaturated/α-hetero) is 1. The highest BCUT2D eigenvalue weighted by molar-refractivity contribution is 5.94. The second kappa shape index (κ2) is 6.73. The number of pyridine rings is 1. The molecule has 1 saturated carbocycles. The molecule has 1 aliphatic heterocycles. The first kappa shape index (κ1) is 17.9. The van der Waals surface area contributed by atoms with Gasteiger partial charge >= 0.3 is 0 Å². The van der Waals surface area contributed by atoms with Gasteiger partial charge in [-0.3, -0.25) is 9.78 Å². The number of rotatable bonds is 5. The number of ketones is 1. The van der Waals surface area contributed by atoms with Crippen LogP contribution in [-0.2, 0) is 16.6 Å². The van der Waals surface area contributed by atoms with E-state index in [9.17, 15) is 4.79 Å². The fraction of sp³-hybridized carbons (Fsp3) is 0.280. The molecule has 2 heterocycles. The van der Waals surface area contributed by atoms with Crippen LogP contribution in [0.3, 0.4) is 0 Å². The molecule has 146 valence electrons. The maximum Gasteiger partial charge on any atom is 0.231 e. The Bertz CT molecular complexity index is 1110. The Labute approximate surface area is 170 Å². The molecule has 0 radical (unpaired) electrons. The van der Waals surface area contributed by atoms with Gasteiger partial charge in [0.25, 0.3) is 0 Å². The molecule has 0 atom stereocenters. The predicted molar refractivity (Wildman–Crippen MR) is 111 cm³/mol. The zero-order valence-electron chi connectivity index (χ0n) is 16.7. The average molecular weight is 385 g/mol. The molecule has 0 bridgehead atoms. The van der Waals surface area contributed by atoms with Crippen LogP contribution in [0.4, 0.5) is 0 Å². The summed E-state index contributed by atoms with van der Waals surface area (Å²) in [7, 11) is 0. The molecule has 2 aromatic carbocycles. The standard InChI is InChI=1S/C25H23NO3/c1-16-4-3-5-18(12-16)21-8-7-20(26-17(21)2)14-24(27)25(10-11-25)19-6-9-22-23(13-19)29-15-28-22/h3-9,12-13H,10-11,14-15H2,1-2H3. The Morgan fingerprint density at radius 1 is 1.00 bits per heavy atom. The van der Waals surface area contributed by atoms with E-state index in [-0.39, 0.29) is 12.6 Å². The van der Waals surface area contributed by atoms with Crippen LogP contribution in [0.15, 0.2) is 54.6 Å². The number of aryl methyl sites for hydroxylation is 2. The van der Waals surface area contributed by atoms with E-state index in [4.69, 9.17) is 14.5 Å². The van der Waals surface area contributed by atoms with Crippen molar-refractivity contribution in [2.45, 2.75) is 38.5 Å². The van der Waals surface area contributed by atoms with Crippen molar-refractivity contribution in [3.05, 3.63) is 77.1 Å². The summed E-state index contributed by atoms with van der Waals surface area (Å²) in [5.41, 5.74) is 5.91. The van der Waals surface area contributed by atoms with Crippen LogP contribution in [-0.4, -0.2) is 17.6 Å². The Hall–Kier alpha value is -3.14. The van der Waals surface area contributed by atoms with Crippen molar-refractivity contribution in [1.82, 2.24) is 4.98 Å². The molecule has 4 nitrogen and oxygen atoms in total. The van der Waals surface area contributed by atoms with E-state index in [0.717, 1.165) is 52.4 Å². The Morgan fingerprint density at radius 2 is 1.83 bits per heavy atom. The number of hydrogen-bond acceptors (Lipinski definition) is 4. The Kier molecular flexibility index (Phi) is 4.16. The third kappa shape index (κ3) is 3.19. The molecule has 0 unspecified atom stereocenters. The number of nitrogens with zero attached hydrogens (tertiary/aromatic N) is 1. The quantitative estimate of drug-likeness (QED) is 0.624. The molecule has 0 amide bonds. The number of fused-ring (bicyclic) bond motifs is 1. The van der Waals surface area contributed by atoms with E-state index in [1.807, 2.05) is 31.2 Å². The van der Waals surface area contributed by atoms with Crippen molar-refractivity contribution in [2.75, 3.05) is 6.79 Å². The SMILES string of the molecule is Cc1cccc(-c2ccc(CC(=O)C3(c4ccc5c(c4)OCO5)CC3)nc2C)c1. The van der Waals surface area contributed by atoms with Crippen LogP contribution in [0.25, 0.3) is 11.1 Å². The summed E-state index contributed by atoms with van der Waals surface area (Å²) in [5.74, 6) is 1.71. The fourth-order valence-electron chi connectivity index (χ4n) is 4.21. The van der Waals surface area contributed by atoms with Gasteiger partial charge in [0.1, 0.15) is 5.78 Å². The van der Waals surface area contributed by atoms with Crippen LogP contribution in [0.2, 0.25) is 0 Å². The van der Waals surface area contributed by atoms with Gasteiger partial charge in [-0.2, -0.15) is 0 Å². The molecule has 1 fully saturated rings. The van der Waals surface area contributed by atoms with Gasteiger partial charge in [0.15, 0.2) is 11.5 Å². The monoisotopic (exact) mass is 385 g/mol. The lowest BCUT2D eigenvalue weighted by Crippen LogP contribution is -2.23. The van der Waals surface area contributed by atoms with E-state index in [2.05, 4.69) is 37.3 Å². The summed E-state index contributed by atoms with van der Waals surface area (Å²) < 4.78 is 10.9. The number of carbonyl (C=O) groups excluding carboxylic acids is 1. The van der Waals surface area contributed by atoms with Crippen LogP contribution in [0, 0.1) is 13.8 Å². The number of benzene rings is 2. The van der Waals surface area contributed by atoms with Gasteiger partial charge in [-0.15, -0.1) is 0 Å². The maximum absolute atomic E-state index is 13.2. The molecule has 29 heavy (non-hydrogen) atoms. The van der Waals surface area contributed by atoms with Gasteiger partial charge in [-0.05, 0) is 56.0 Å². The van der Waals surface area contributed by atoms with Crippen molar-refractivity contribution in [3.8, 4) is 22.6 Å². The van der Waals surface area contributed by atoms with Gasteiger partial charge in [0.05, 0.1) is 5.41 Å². The Morgan fingerprint density at radius 3 is 2.59 bits per heavy atom. The maximum atomic E-state index is 13.2. The van der Waals surface area contributed by atoms with Crippen LogP contribution >= 0.6 is 0 Å². The topological polar surface area (TPSA) is 48.4 Å². The summed E-state index contributed by atoms with van der Waals surface area (Å²) in [4.78, 5) is 17.9. The normalized spacial score (nSPS) is 15.9. The highest BCUT2D eigenvalue weighted by atomic mass is 16.7. The third-order valence-corrected chi connectivity index (χ3v) is 6.02. The van der Waals surface area contributed by atoms with Gasteiger partial charge in [0.2, 0.25) is 6.79 Å². The van der Waals surface area contributed by atoms with Crippen molar-refractivity contribution in [1.29, 1.82) is 0 Å². The molecular formula is C25H23NO3. The molecule has 5 rings (SSSR count). The van der Waals surface area contributed by atoms with Gasteiger partial charge in [-0.1, -0.05) is 42.0 Å². The second-order valence-corrected chi connectivity index (χ2v) is 8.06. The molecule has 1 aliphatic carbocycles. The molecular weight excluding hydrogens is 362 g/mol. The molecule has 1 aromatic heterocycles. The highest BCUT2D eigenvalue weighted by Crippen LogP contribution is 2.51. The summed E-state index contributed by atoms with van der Waals surface area (Å²) in [6.45, 7) is 4.34. The van der Waals surface area contributed by atoms with Gasteiger partial charge in [0, 0.05) is 23.4 Å². The molecule has 3 aromatic rings. The number of ether oxygens (including phenoxy) is 2. The first-order chi connectivity index (χ1) is 14.0. The van der Waals surface area contributed by atoms with Crippen molar-refractivity contribution < 1.29 is 14.3 Å². The predicted octanol–water partition coefficient (Wildman–Crippen LogP) is 4.94. The van der Waals surface area contributed by atoms with Crippen molar-refractivity contribution in [3.63, 3.8) is 0 Å². The lowest BCUT2D eigenvalue weighted by Gasteiger charge is -2.15. The van der Waals surface area contributed by atoms with Crippen molar-refractivity contribution >= 4 is 5.78 Å². The van der Waals surface area contributed by atoms with Crippen LogP contribution in [0.1, 0.15) is 35.4 Å². The minimum atomic E-state index is -0.397. The second-order valence-electron chi connectivity index (χ2n) is 8.06. The first-order valence-electron chi connectivity index (χ1n) is 10.0. The van der Waals surface area contributed by atoms with Crippen LogP contribution in [0.5, 0.6) is 11.5 Å². The molecule has 2 aliphatic rings. The largest absolute Gasteiger partial charge is 0.454 e. The summed E-state index contributed by atoms with van der Waals surface area (Å²) >= 11 is 0. The first-order valence-corrected chi connectivity index (χ1v) is 10.0. The fourth-order valence-corrected chi connectivity index (χ4v) is 4.21. The van der Waals surface area contributed by atoms with E-state index in [1.165, 1.54) is 5.56 Å². The third-order valence-electron chi connectivity index (χ3n) is 6.02. The Balaban J connectivity index is 1.38. The number of carbonyl (C=O) groups is 1. The van der Waals surface area contributed by atoms with Gasteiger partial charge in [-0.25, -0.2) is 0 Å². The van der Waals surface area contributed by atoms with E-state index >= 15 is 0 Å². The van der Waals surface area contributed by atoms with Crippen LogP contribution < -0.4 is 9.47 Å². The lowest BCUT2D eigenvalue weighted by molar-refractivity contribution is -0.120.